The Morgan fingerprint density at radius 1 is 1.33 bits per heavy atom. The fourth-order valence-corrected chi connectivity index (χ4v) is 5.02. The maximum atomic E-state index is 4.40. The van der Waals surface area contributed by atoms with E-state index in [2.05, 4.69) is 27.4 Å². The van der Waals surface area contributed by atoms with Crippen molar-refractivity contribution in [3.63, 3.8) is 0 Å². The van der Waals surface area contributed by atoms with Crippen molar-refractivity contribution in [1.82, 2.24) is 0 Å². The van der Waals surface area contributed by atoms with E-state index in [0.29, 0.717) is 5.41 Å². The zero-order valence-corrected chi connectivity index (χ0v) is 12.8. The molecule has 0 spiro atoms. The van der Waals surface area contributed by atoms with Gasteiger partial charge in [0.1, 0.15) is 0 Å². The number of fused-ring (bicyclic) bond motifs is 1. The Kier molecular flexibility index (Phi) is 4.56. The molecule has 2 aliphatic carbocycles. The Bertz CT molecular complexity index is 290. The van der Waals surface area contributed by atoms with E-state index in [9.17, 15) is 0 Å². The van der Waals surface area contributed by atoms with E-state index >= 15 is 0 Å². The van der Waals surface area contributed by atoms with Crippen molar-refractivity contribution in [2.75, 3.05) is 0 Å². The lowest BCUT2D eigenvalue weighted by Gasteiger charge is -2.53. The molecule has 4 atom stereocenters. The molecule has 0 saturated heterocycles. The minimum Gasteiger partial charge on any atom is -0.0996 e. The smallest absolute Gasteiger partial charge is 0.0149 e. The second-order valence-electron chi connectivity index (χ2n) is 7.23. The number of hydrogen-bond donors (Lipinski definition) is 0. The third-order valence-electron chi connectivity index (χ3n) is 6.06. The zero-order valence-electron chi connectivity index (χ0n) is 12.8. The van der Waals surface area contributed by atoms with Gasteiger partial charge in [-0.1, -0.05) is 58.6 Å². The Hall–Kier alpha value is -0.260. The van der Waals surface area contributed by atoms with Gasteiger partial charge in [0.15, 0.2) is 0 Å². The predicted octanol–water partition coefficient (Wildman–Crippen LogP) is 5.98. The Balaban J connectivity index is 2.11. The van der Waals surface area contributed by atoms with Crippen molar-refractivity contribution in [2.24, 2.45) is 23.2 Å². The molecule has 18 heavy (non-hydrogen) atoms. The van der Waals surface area contributed by atoms with Gasteiger partial charge in [-0.25, -0.2) is 0 Å². The van der Waals surface area contributed by atoms with E-state index in [-0.39, 0.29) is 0 Å². The van der Waals surface area contributed by atoms with Gasteiger partial charge in [-0.05, 0) is 55.3 Å². The molecule has 0 bridgehead atoms. The Labute approximate surface area is 114 Å². The van der Waals surface area contributed by atoms with E-state index in [1.807, 2.05) is 0 Å². The summed E-state index contributed by atoms with van der Waals surface area (Å²) in [4.78, 5) is 0. The molecule has 0 heteroatoms. The van der Waals surface area contributed by atoms with Crippen molar-refractivity contribution in [3.8, 4) is 0 Å². The largest absolute Gasteiger partial charge is 0.0996 e. The van der Waals surface area contributed by atoms with Crippen molar-refractivity contribution in [3.05, 3.63) is 12.2 Å². The van der Waals surface area contributed by atoms with Crippen LogP contribution in [0.25, 0.3) is 0 Å². The quantitative estimate of drug-likeness (QED) is 0.537. The molecule has 0 aromatic carbocycles. The van der Waals surface area contributed by atoms with Crippen molar-refractivity contribution >= 4 is 0 Å². The Morgan fingerprint density at radius 3 is 2.83 bits per heavy atom. The van der Waals surface area contributed by atoms with Gasteiger partial charge in [0, 0.05) is 0 Å². The van der Waals surface area contributed by atoms with E-state index in [4.69, 9.17) is 0 Å². The van der Waals surface area contributed by atoms with E-state index in [0.717, 1.165) is 17.8 Å². The van der Waals surface area contributed by atoms with Crippen LogP contribution in [-0.2, 0) is 0 Å². The van der Waals surface area contributed by atoms with Gasteiger partial charge in [0.05, 0.1) is 0 Å². The lowest BCUT2D eigenvalue weighted by molar-refractivity contribution is -0.000902. The minimum absolute atomic E-state index is 0.584. The standard InChI is InChI=1S/C18H32/c1-5-6-9-14(2)16-11-7-12-17-15(3)10-8-13-18(16,17)4/h14,16-17H,3,5-13H2,1-2,4H3. The number of allylic oxidation sites excluding steroid dienone is 1. The maximum Gasteiger partial charge on any atom is -0.0149 e. The molecule has 0 aliphatic heterocycles. The molecule has 2 rings (SSSR count). The number of unbranched alkanes of at least 4 members (excludes halogenated alkanes) is 1. The lowest BCUT2D eigenvalue weighted by atomic mass is 9.51. The fourth-order valence-electron chi connectivity index (χ4n) is 5.02. The molecule has 4 unspecified atom stereocenters. The summed E-state index contributed by atoms with van der Waals surface area (Å²) in [7, 11) is 0. The zero-order chi connectivity index (χ0) is 13.2. The molecule has 0 amide bonds. The highest BCUT2D eigenvalue weighted by molar-refractivity contribution is 5.13. The highest BCUT2D eigenvalue weighted by Gasteiger charge is 2.47. The van der Waals surface area contributed by atoms with E-state index in [1.54, 1.807) is 5.57 Å². The first-order valence-electron chi connectivity index (χ1n) is 8.27. The van der Waals surface area contributed by atoms with Crippen LogP contribution in [0.15, 0.2) is 12.2 Å². The molecule has 2 saturated carbocycles. The molecular weight excluding hydrogens is 216 g/mol. The van der Waals surface area contributed by atoms with Gasteiger partial charge in [0.25, 0.3) is 0 Å². The molecule has 0 aromatic heterocycles. The van der Waals surface area contributed by atoms with Crippen LogP contribution in [0.2, 0.25) is 0 Å². The second-order valence-corrected chi connectivity index (χ2v) is 7.23. The van der Waals surface area contributed by atoms with Gasteiger partial charge in [-0.15, -0.1) is 0 Å². The Morgan fingerprint density at radius 2 is 2.11 bits per heavy atom. The molecular formula is C18H32. The SMILES string of the molecule is C=C1CCCC2(C)C1CCCC2C(C)CCCC. The lowest BCUT2D eigenvalue weighted by Crippen LogP contribution is -2.44. The molecule has 104 valence electrons. The average molecular weight is 248 g/mol. The molecule has 0 radical (unpaired) electrons. The van der Waals surface area contributed by atoms with Gasteiger partial charge in [-0.3, -0.25) is 0 Å². The van der Waals surface area contributed by atoms with Crippen LogP contribution in [0.3, 0.4) is 0 Å². The molecule has 2 fully saturated rings. The first-order chi connectivity index (χ1) is 8.59. The molecule has 0 aromatic rings. The van der Waals surface area contributed by atoms with Crippen LogP contribution in [0.4, 0.5) is 0 Å². The third kappa shape index (κ3) is 2.53. The fraction of sp³-hybridized carbons (Fsp3) is 0.889. The maximum absolute atomic E-state index is 4.40. The summed E-state index contributed by atoms with van der Waals surface area (Å²) in [6.45, 7) is 11.8. The monoisotopic (exact) mass is 248 g/mol. The molecule has 2 aliphatic rings. The number of rotatable bonds is 4. The molecule has 0 heterocycles. The first-order valence-corrected chi connectivity index (χ1v) is 8.27. The molecule has 0 N–H and O–H groups in total. The van der Waals surface area contributed by atoms with Crippen molar-refractivity contribution in [1.29, 1.82) is 0 Å². The normalized spacial score (nSPS) is 38.3. The topological polar surface area (TPSA) is 0 Å². The van der Waals surface area contributed by atoms with E-state index < -0.39 is 0 Å². The van der Waals surface area contributed by atoms with Gasteiger partial charge in [-0.2, -0.15) is 0 Å². The van der Waals surface area contributed by atoms with Gasteiger partial charge < -0.3 is 0 Å². The van der Waals surface area contributed by atoms with Crippen molar-refractivity contribution < 1.29 is 0 Å². The predicted molar refractivity (Wildman–Crippen MR) is 80.6 cm³/mol. The van der Waals surface area contributed by atoms with Gasteiger partial charge in [0.2, 0.25) is 0 Å². The summed E-state index contributed by atoms with van der Waals surface area (Å²) >= 11 is 0. The summed E-state index contributed by atoms with van der Waals surface area (Å²) in [5.74, 6) is 2.72. The number of hydrogen-bond acceptors (Lipinski definition) is 0. The summed E-state index contributed by atoms with van der Waals surface area (Å²) in [5, 5.41) is 0. The summed E-state index contributed by atoms with van der Waals surface area (Å²) < 4.78 is 0. The van der Waals surface area contributed by atoms with Gasteiger partial charge >= 0.3 is 0 Å². The summed E-state index contributed by atoms with van der Waals surface area (Å²) in [6, 6.07) is 0. The highest BCUT2D eigenvalue weighted by atomic mass is 14.5. The van der Waals surface area contributed by atoms with Crippen LogP contribution in [0.5, 0.6) is 0 Å². The van der Waals surface area contributed by atoms with Crippen LogP contribution in [-0.4, -0.2) is 0 Å². The van der Waals surface area contributed by atoms with E-state index in [1.165, 1.54) is 57.8 Å². The average Bonchev–Trinajstić information content (AvgIpc) is 2.35. The van der Waals surface area contributed by atoms with Crippen LogP contribution >= 0.6 is 0 Å². The van der Waals surface area contributed by atoms with Crippen LogP contribution in [0.1, 0.15) is 78.6 Å². The minimum atomic E-state index is 0.584. The van der Waals surface area contributed by atoms with Crippen molar-refractivity contribution in [2.45, 2.75) is 78.6 Å². The molecule has 0 nitrogen and oxygen atoms in total. The summed E-state index contributed by atoms with van der Waals surface area (Å²) in [6.07, 6.45) is 12.7. The first kappa shape index (κ1) is 14.2. The van der Waals surface area contributed by atoms with Crippen LogP contribution < -0.4 is 0 Å². The summed E-state index contributed by atoms with van der Waals surface area (Å²) in [5.41, 5.74) is 2.16. The highest BCUT2D eigenvalue weighted by Crippen LogP contribution is 2.57. The van der Waals surface area contributed by atoms with Crippen LogP contribution in [0, 0.1) is 23.2 Å². The third-order valence-corrected chi connectivity index (χ3v) is 6.06. The second kappa shape index (κ2) is 5.80.